The van der Waals surface area contributed by atoms with Gasteiger partial charge in [0.05, 0.1) is 5.52 Å². The average Bonchev–Trinajstić information content (AvgIpc) is 2.69. The number of pyridine rings is 1. The maximum absolute atomic E-state index is 12.5. The van der Waals surface area contributed by atoms with Gasteiger partial charge in [-0.2, -0.15) is 0 Å². The van der Waals surface area contributed by atoms with Gasteiger partial charge in [-0.25, -0.2) is 0 Å². The van der Waals surface area contributed by atoms with Gasteiger partial charge in [-0.1, -0.05) is 24.3 Å². The molecule has 0 bridgehead atoms. The van der Waals surface area contributed by atoms with Gasteiger partial charge in [0.25, 0.3) is 5.91 Å². The number of amides is 1. The molecule has 5 nitrogen and oxygen atoms in total. The first-order chi connectivity index (χ1) is 13.6. The van der Waals surface area contributed by atoms with Crippen LogP contribution >= 0.6 is 0 Å². The highest BCUT2D eigenvalue weighted by Gasteiger charge is 2.08. The fourth-order valence-electron chi connectivity index (χ4n) is 3.01. The Morgan fingerprint density at radius 3 is 2.36 bits per heavy atom. The van der Waals surface area contributed by atoms with E-state index in [0.717, 1.165) is 16.7 Å². The highest BCUT2D eigenvalue weighted by atomic mass is 16.5. The number of para-hydroxylation sites is 1. The minimum absolute atomic E-state index is 0.164. The number of fused-ring (bicyclic) bond motifs is 1. The number of aryl methyl sites for hydroxylation is 1. The van der Waals surface area contributed by atoms with Crippen LogP contribution in [0.1, 0.15) is 15.9 Å². The average molecular weight is 370 g/mol. The molecule has 5 heteroatoms. The first kappa shape index (κ1) is 17.5. The number of hydrogen-bond donors (Lipinski definition) is 2. The minimum Gasteiger partial charge on any atom is -0.457 e. The molecular formula is C23H18N2O3. The molecule has 0 aliphatic rings. The molecule has 3 aromatic carbocycles. The second-order valence-electron chi connectivity index (χ2n) is 6.47. The molecule has 1 aromatic heterocycles. The minimum atomic E-state index is -0.236. The summed E-state index contributed by atoms with van der Waals surface area (Å²) in [7, 11) is 0. The van der Waals surface area contributed by atoms with E-state index < -0.39 is 0 Å². The molecule has 0 aliphatic carbocycles. The van der Waals surface area contributed by atoms with E-state index >= 15 is 0 Å². The van der Waals surface area contributed by atoms with Gasteiger partial charge in [-0.3, -0.25) is 9.59 Å². The third kappa shape index (κ3) is 3.78. The largest absolute Gasteiger partial charge is 0.457 e. The fraction of sp³-hybridized carbons (Fsp3) is 0.0435. The Kier molecular flexibility index (Phi) is 4.64. The number of aromatic nitrogens is 1. The number of carbonyl (C=O) groups is 1. The SMILES string of the molecule is Cc1cc(=O)[nH]c2cc(NC(=O)c3ccc(Oc4ccccc4)cc3)ccc12. The molecule has 0 unspecified atom stereocenters. The zero-order chi connectivity index (χ0) is 19.5. The number of ether oxygens (including phenoxy) is 1. The van der Waals surface area contributed by atoms with Crippen molar-refractivity contribution >= 4 is 22.5 Å². The van der Waals surface area contributed by atoms with Crippen LogP contribution in [0.4, 0.5) is 5.69 Å². The molecule has 4 rings (SSSR count). The molecule has 1 amide bonds. The Morgan fingerprint density at radius 2 is 1.61 bits per heavy atom. The van der Waals surface area contributed by atoms with Crippen LogP contribution in [0, 0.1) is 6.92 Å². The zero-order valence-corrected chi connectivity index (χ0v) is 15.2. The van der Waals surface area contributed by atoms with Crippen LogP contribution in [-0.4, -0.2) is 10.9 Å². The maximum Gasteiger partial charge on any atom is 0.255 e. The number of nitrogens with one attached hydrogen (secondary N) is 2. The highest BCUT2D eigenvalue weighted by Crippen LogP contribution is 2.22. The Bertz CT molecular complexity index is 1200. The summed E-state index contributed by atoms with van der Waals surface area (Å²) in [6.07, 6.45) is 0. The summed E-state index contributed by atoms with van der Waals surface area (Å²) in [5.74, 6) is 1.15. The third-order valence-corrected chi connectivity index (χ3v) is 4.40. The summed E-state index contributed by atoms with van der Waals surface area (Å²) in [5, 5.41) is 3.80. The molecule has 0 fully saturated rings. The Labute approximate surface area is 161 Å². The van der Waals surface area contributed by atoms with Crippen molar-refractivity contribution in [3.05, 3.63) is 100 Å². The van der Waals surface area contributed by atoms with Crippen LogP contribution in [0.2, 0.25) is 0 Å². The molecule has 0 saturated carbocycles. The van der Waals surface area contributed by atoms with Gasteiger partial charge in [0.1, 0.15) is 11.5 Å². The van der Waals surface area contributed by atoms with Gasteiger partial charge < -0.3 is 15.0 Å². The van der Waals surface area contributed by atoms with Crippen LogP contribution in [0.15, 0.2) is 83.7 Å². The summed E-state index contributed by atoms with van der Waals surface area (Å²) in [6, 6.07) is 23.4. The molecule has 28 heavy (non-hydrogen) atoms. The first-order valence-electron chi connectivity index (χ1n) is 8.86. The monoisotopic (exact) mass is 370 g/mol. The number of H-pyrrole nitrogens is 1. The summed E-state index contributed by atoms with van der Waals surface area (Å²) < 4.78 is 5.74. The van der Waals surface area contributed by atoms with E-state index in [1.54, 1.807) is 36.4 Å². The lowest BCUT2D eigenvalue weighted by Crippen LogP contribution is -2.12. The van der Waals surface area contributed by atoms with E-state index in [2.05, 4.69) is 10.3 Å². The van der Waals surface area contributed by atoms with Gasteiger partial charge in [0.15, 0.2) is 0 Å². The fourth-order valence-corrected chi connectivity index (χ4v) is 3.01. The van der Waals surface area contributed by atoms with Gasteiger partial charge in [0, 0.05) is 22.7 Å². The van der Waals surface area contributed by atoms with Crippen LogP contribution < -0.4 is 15.6 Å². The van der Waals surface area contributed by atoms with E-state index in [1.165, 1.54) is 0 Å². The Morgan fingerprint density at radius 1 is 0.893 bits per heavy atom. The lowest BCUT2D eigenvalue weighted by molar-refractivity contribution is 0.102. The number of rotatable bonds is 4. The van der Waals surface area contributed by atoms with Crippen molar-refractivity contribution in [3.8, 4) is 11.5 Å². The second-order valence-corrected chi connectivity index (χ2v) is 6.47. The van der Waals surface area contributed by atoms with Crippen molar-refractivity contribution in [2.24, 2.45) is 0 Å². The van der Waals surface area contributed by atoms with Crippen molar-refractivity contribution in [1.82, 2.24) is 4.98 Å². The second kappa shape index (κ2) is 7.40. The zero-order valence-electron chi connectivity index (χ0n) is 15.2. The summed E-state index contributed by atoms with van der Waals surface area (Å²) in [5.41, 5.74) is 2.55. The van der Waals surface area contributed by atoms with Crippen LogP contribution in [-0.2, 0) is 0 Å². The topological polar surface area (TPSA) is 71.2 Å². The van der Waals surface area contributed by atoms with Crippen molar-refractivity contribution < 1.29 is 9.53 Å². The van der Waals surface area contributed by atoms with Crippen LogP contribution in [0.5, 0.6) is 11.5 Å². The van der Waals surface area contributed by atoms with E-state index in [0.29, 0.717) is 22.5 Å². The van der Waals surface area contributed by atoms with Gasteiger partial charge >= 0.3 is 0 Å². The van der Waals surface area contributed by atoms with Crippen LogP contribution in [0.3, 0.4) is 0 Å². The molecular weight excluding hydrogens is 352 g/mol. The van der Waals surface area contributed by atoms with E-state index in [1.807, 2.05) is 49.4 Å². The van der Waals surface area contributed by atoms with E-state index in [-0.39, 0.29) is 11.5 Å². The van der Waals surface area contributed by atoms with Crippen molar-refractivity contribution in [2.75, 3.05) is 5.32 Å². The Balaban J connectivity index is 1.50. The summed E-state index contributed by atoms with van der Waals surface area (Å²) >= 11 is 0. The quantitative estimate of drug-likeness (QED) is 0.538. The van der Waals surface area contributed by atoms with Gasteiger partial charge in [0.2, 0.25) is 5.56 Å². The normalized spacial score (nSPS) is 10.6. The number of aromatic amines is 1. The summed E-state index contributed by atoms with van der Waals surface area (Å²) in [6.45, 7) is 1.88. The van der Waals surface area contributed by atoms with Crippen molar-refractivity contribution in [2.45, 2.75) is 6.92 Å². The lowest BCUT2D eigenvalue weighted by Gasteiger charge is -2.09. The molecule has 0 spiro atoms. The molecule has 4 aromatic rings. The predicted octanol–water partition coefficient (Wildman–Crippen LogP) is 4.88. The van der Waals surface area contributed by atoms with Crippen molar-refractivity contribution in [1.29, 1.82) is 0 Å². The lowest BCUT2D eigenvalue weighted by atomic mass is 10.1. The first-order valence-corrected chi connectivity index (χ1v) is 8.86. The van der Waals surface area contributed by atoms with Gasteiger partial charge in [-0.05, 0) is 61.0 Å². The standard InChI is InChI=1S/C23H18N2O3/c1-15-13-22(26)25-21-14-17(9-12-20(15)21)24-23(27)16-7-10-19(11-8-16)28-18-5-3-2-4-6-18/h2-14H,1H3,(H,24,27)(H,25,26). The van der Waals surface area contributed by atoms with Gasteiger partial charge in [-0.15, -0.1) is 0 Å². The van der Waals surface area contributed by atoms with Crippen LogP contribution in [0.25, 0.3) is 10.9 Å². The predicted molar refractivity (Wildman–Crippen MR) is 110 cm³/mol. The van der Waals surface area contributed by atoms with Crippen molar-refractivity contribution in [3.63, 3.8) is 0 Å². The highest BCUT2D eigenvalue weighted by molar-refractivity contribution is 6.05. The summed E-state index contributed by atoms with van der Waals surface area (Å²) in [4.78, 5) is 27.0. The van der Waals surface area contributed by atoms with E-state index in [4.69, 9.17) is 4.74 Å². The third-order valence-electron chi connectivity index (χ3n) is 4.40. The number of carbonyl (C=O) groups excluding carboxylic acids is 1. The molecule has 0 aliphatic heterocycles. The molecule has 2 N–H and O–H groups in total. The maximum atomic E-state index is 12.5. The molecule has 0 atom stereocenters. The number of benzene rings is 3. The molecule has 1 heterocycles. The molecule has 138 valence electrons. The number of anilines is 1. The Hall–Kier alpha value is -3.86. The molecule has 0 radical (unpaired) electrons. The smallest absolute Gasteiger partial charge is 0.255 e. The molecule has 0 saturated heterocycles. The number of hydrogen-bond acceptors (Lipinski definition) is 3. The van der Waals surface area contributed by atoms with E-state index in [9.17, 15) is 9.59 Å².